The first kappa shape index (κ1) is 16.4. The summed E-state index contributed by atoms with van der Waals surface area (Å²) >= 11 is 0. The van der Waals surface area contributed by atoms with Gasteiger partial charge in [0.1, 0.15) is 0 Å². The van der Waals surface area contributed by atoms with Crippen LogP contribution in [0.15, 0.2) is 24.8 Å². The predicted molar refractivity (Wildman–Crippen MR) is 91.9 cm³/mol. The van der Waals surface area contributed by atoms with E-state index in [-0.39, 0.29) is 5.91 Å². The number of amides is 1. The predicted octanol–water partition coefficient (Wildman–Crippen LogP) is 1.51. The van der Waals surface area contributed by atoms with Crippen molar-refractivity contribution < 1.29 is 4.79 Å². The molecule has 2 aromatic rings. The SMILES string of the molecule is Cc1cnc(N2CCC(CN(C)C(=O)c3cnn(C)c3)CC2)nc1. The maximum absolute atomic E-state index is 12.4. The van der Waals surface area contributed by atoms with E-state index in [2.05, 4.69) is 20.0 Å². The number of carbonyl (C=O) groups is 1. The molecular weight excluding hydrogens is 304 g/mol. The number of hydrogen-bond acceptors (Lipinski definition) is 5. The topological polar surface area (TPSA) is 67.2 Å². The zero-order valence-electron chi connectivity index (χ0n) is 14.5. The second-order valence-corrected chi connectivity index (χ2v) is 6.58. The largest absolute Gasteiger partial charge is 0.341 e. The molecule has 0 aliphatic carbocycles. The van der Waals surface area contributed by atoms with Crippen LogP contribution in [0.4, 0.5) is 5.95 Å². The Bertz CT molecular complexity index is 687. The van der Waals surface area contributed by atoms with Crippen LogP contribution in [-0.4, -0.2) is 57.2 Å². The normalized spacial score (nSPS) is 15.5. The van der Waals surface area contributed by atoms with Gasteiger partial charge in [0, 0.05) is 52.3 Å². The molecule has 0 aromatic carbocycles. The van der Waals surface area contributed by atoms with Crippen LogP contribution in [0.2, 0.25) is 0 Å². The van der Waals surface area contributed by atoms with Gasteiger partial charge < -0.3 is 9.80 Å². The van der Waals surface area contributed by atoms with Crippen LogP contribution in [0.1, 0.15) is 28.8 Å². The van der Waals surface area contributed by atoms with E-state index in [1.165, 1.54) is 0 Å². The van der Waals surface area contributed by atoms with E-state index < -0.39 is 0 Å². The number of piperidine rings is 1. The van der Waals surface area contributed by atoms with E-state index in [1.807, 2.05) is 33.4 Å². The van der Waals surface area contributed by atoms with Crippen LogP contribution in [-0.2, 0) is 7.05 Å². The fraction of sp³-hybridized carbons (Fsp3) is 0.529. The highest BCUT2D eigenvalue weighted by Crippen LogP contribution is 2.21. The number of aromatic nitrogens is 4. The third-order valence-corrected chi connectivity index (χ3v) is 4.50. The van der Waals surface area contributed by atoms with Gasteiger partial charge in [0.25, 0.3) is 5.91 Å². The molecule has 2 aromatic heterocycles. The minimum Gasteiger partial charge on any atom is -0.341 e. The first-order chi connectivity index (χ1) is 11.5. The smallest absolute Gasteiger partial charge is 0.256 e. The van der Waals surface area contributed by atoms with Gasteiger partial charge in [-0.05, 0) is 31.2 Å². The molecule has 24 heavy (non-hydrogen) atoms. The quantitative estimate of drug-likeness (QED) is 0.851. The molecule has 0 saturated carbocycles. The lowest BCUT2D eigenvalue weighted by Gasteiger charge is -2.33. The first-order valence-electron chi connectivity index (χ1n) is 8.30. The van der Waals surface area contributed by atoms with Gasteiger partial charge in [0.05, 0.1) is 11.8 Å². The Morgan fingerprint density at radius 2 is 1.92 bits per heavy atom. The molecule has 1 fully saturated rings. The van der Waals surface area contributed by atoms with Gasteiger partial charge in [-0.2, -0.15) is 5.10 Å². The van der Waals surface area contributed by atoms with E-state index in [1.54, 1.807) is 22.0 Å². The molecule has 0 atom stereocenters. The zero-order valence-corrected chi connectivity index (χ0v) is 14.5. The van der Waals surface area contributed by atoms with Gasteiger partial charge >= 0.3 is 0 Å². The van der Waals surface area contributed by atoms with Crippen molar-refractivity contribution in [2.24, 2.45) is 13.0 Å². The summed E-state index contributed by atoms with van der Waals surface area (Å²) in [5, 5.41) is 4.07. The molecule has 1 aliphatic heterocycles. The molecule has 1 amide bonds. The van der Waals surface area contributed by atoms with Crippen molar-refractivity contribution in [2.45, 2.75) is 19.8 Å². The molecule has 7 heteroatoms. The van der Waals surface area contributed by atoms with Crippen molar-refractivity contribution in [3.8, 4) is 0 Å². The van der Waals surface area contributed by atoms with Crippen molar-refractivity contribution in [3.63, 3.8) is 0 Å². The molecule has 0 spiro atoms. The number of hydrogen-bond donors (Lipinski definition) is 0. The standard InChI is InChI=1S/C17H24N6O/c1-13-8-18-17(19-9-13)23-6-4-14(5-7-23)11-21(2)16(24)15-10-20-22(3)12-15/h8-10,12,14H,4-7,11H2,1-3H3. The Labute approximate surface area is 142 Å². The summed E-state index contributed by atoms with van der Waals surface area (Å²) in [5.41, 5.74) is 1.72. The van der Waals surface area contributed by atoms with Gasteiger partial charge in [0.15, 0.2) is 0 Å². The first-order valence-corrected chi connectivity index (χ1v) is 8.30. The van der Waals surface area contributed by atoms with Crippen molar-refractivity contribution in [3.05, 3.63) is 35.9 Å². The Hall–Kier alpha value is -2.44. The van der Waals surface area contributed by atoms with Gasteiger partial charge in [0.2, 0.25) is 5.95 Å². The van der Waals surface area contributed by atoms with Crippen LogP contribution in [0.25, 0.3) is 0 Å². The molecule has 128 valence electrons. The Kier molecular flexibility index (Phi) is 4.78. The van der Waals surface area contributed by atoms with Gasteiger partial charge in [-0.3, -0.25) is 9.48 Å². The molecule has 3 heterocycles. The molecular formula is C17H24N6O. The second-order valence-electron chi connectivity index (χ2n) is 6.58. The lowest BCUT2D eigenvalue weighted by atomic mass is 9.96. The molecule has 0 bridgehead atoms. The third kappa shape index (κ3) is 3.72. The number of rotatable bonds is 4. The fourth-order valence-corrected chi connectivity index (χ4v) is 3.09. The van der Waals surface area contributed by atoms with E-state index in [9.17, 15) is 4.79 Å². The molecule has 1 saturated heterocycles. The Morgan fingerprint density at radius 3 is 2.50 bits per heavy atom. The lowest BCUT2D eigenvalue weighted by molar-refractivity contribution is 0.0764. The highest BCUT2D eigenvalue weighted by atomic mass is 16.2. The van der Waals surface area contributed by atoms with E-state index in [0.717, 1.165) is 44.0 Å². The molecule has 7 nitrogen and oxygen atoms in total. The average molecular weight is 328 g/mol. The number of carbonyl (C=O) groups excluding carboxylic acids is 1. The summed E-state index contributed by atoms with van der Waals surface area (Å²) in [7, 11) is 3.68. The molecule has 0 radical (unpaired) electrons. The van der Waals surface area contributed by atoms with Crippen molar-refractivity contribution in [1.82, 2.24) is 24.6 Å². The van der Waals surface area contributed by atoms with Crippen LogP contribution in [0.3, 0.4) is 0 Å². The molecule has 1 aliphatic rings. The summed E-state index contributed by atoms with van der Waals surface area (Å²) in [4.78, 5) is 25.2. The van der Waals surface area contributed by atoms with Crippen molar-refractivity contribution >= 4 is 11.9 Å². The molecule has 0 N–H and O–H groups in total. The second kappa shape index (κ2) is 6.98. The lowest BCUT2D eigenvalue weighted by Crippen LogP contribution is -2.40. The van der Waals surface area contributed by atoms with E-state index in [4.69, 9.17) is 0 Å². The van der Waals surface area contributed by atoms with Crippen LogP contribution in [0, 0.1) is 12.8 Å². The summed E-state index contributed by atoms with van der Waals surface area (Å²) in [6, 6.07) is 0. The monoisotopic (exact) mass is 328 g/mol. The minimum atomic E-state index is 0.0346. The van der Waals surface area contributed by atoms with Crippen LogP contribution in [0.5, 0.6) is 0 Å². The van der Waals surface area contributed by atoms with E-state index in [0.29, 0.717) is 11.5 Å². The number of aryl methyl sites for hydroxylation is 2. The Balaban J connectivity index is 1.51. The van der Waals surface area contributed by atoms with E-state index >= 15 is 0 Å². The van der Waals surface area contributed by atoms with Crippen LogP contribution < -0.4 is 4.90 Å². The van der Waals surface area contributed by atoms with Gasteiger partial charge in [-0.15, -0.1) is 0 Å². The molecule has 3 rings (SSSR count). The molecule has 0 unspecified atom stereocenters. The fourth-order valence-electron chi connectivity index (χ4n) is 3.09. The summed E-state index contributed by atoms with van der Waals surface area (Å²) in [6.45, 7) is 4.63. The third-order valence-electron chi connectivity index (χ3n) is 4.50. The van der Waals surface area contributed by atoms with Crippen molar-refractivity contribution in [2.75, 3.05) is 31.6 Å². The zero-order chi connectivity index (χ0) is 17.1. The number of anilines is 1. The maximum Gasteiger partial charge on any atom is 0.256 e. The minimum absolute atomic E-state index is 0.0346. The van der Waals surface area contributed by atoms with Crippen molar-refractivity contribution in [1.29, 1.82) is 0 Å². The Morgan fingerprint density at radius 1 is 1.25 bits per heavy atom. The summed E-state index contributed by atoms with van der Waals surface area (Å²) < 4.78 is 1.65. The van der Waals surface area contributed by atoms with Gasteiger partial charge in [-0.25, -0.2) is 9.97 Å². The van der Waals surface area contributed by atoms with Crippen LogP contribution >= 0.6 is 0 Å². The van der Waals surface area contributed by atoms with Gasteiger partial charge in [-0.1, -0.05) is 0 Å². The maximum atomic E-state index is 12.4. The average Bonchev–Trinajstić information content (AvgIpc) is 3.02. The summed E-state index contributed by atoms with van der Waals surface area (Å²) in [6.07, 6.45) is 9.18. The highest BCUT2D eigenvalue weighted by Gasteiger charge is 2.24. The summed E-state index contributed by atoms with van der Waals surface area (Å²) in [5.74, 6) is 1.35. The number of nitrogens with zero attached hydrogens (tertiary/aromatic N) is 6. The highest BCUT2D eigenvalue weighted by molar-refractivity contribution is 5.93.